The summed E-state index contributed by atoms with van der Waals surface area (Å²) in [7, 11) is 0. The van der Waals surface area contributed by atoms with E-state index in [1.165, 1.54) is 0 Å². The monoisotopic (exact) mass is 500 g/mol. The number of benzene rings is 2. The fourth-order valence-corrected chi connectivity index (χ4v) is 4.13. The van der Waals surface area contributed by atoms with Crippen LogP contribution in [0.15, 0.2) is 48.5 Å². The lowest BCUT2D eigenvalue weighted by atomic mass is 10.1. The van der Waals surface area contributed by atoms with Crippen molar-refractivity contribution in [1.29, 1.82) is 0 Å². The Morgan fingerprint density at radius 2 is 1.68 bits per heavy atom. The molecule has 1 amide bonds. The van der Waals surface area contributed by atoms with Crippen LogP contribution in [0.25, 0.3) is 11.3 Å². The van der Waals surface area contributed by atoms with Gasteiger partial charge in [-0.25, -0.2) is 14.8 Å². The summed E-state index contributed by atoms with van der Waals surface area (Å²) in [5, 5.41) is 1.18. The maximum atomic E-state index is 11.5. The largest absolute Gasteiger partial charge is 0.445 e. The van der Waals surface area contributed by atoms with Gasteiger partial charge in [-0.2, -0.15) is 0 Å². The van der Waals surface area contributed by atoms with Crippen LogP contribution < -0.4 is 5.73 Å². The number of nitrogen functional groups attached to an aromatic ring is 1. The minimum atomic E-state index is -0.184. The molecule has 2 N–H and O–H groups in total. The smallest absolute Gasteiger partial charge is 0.410 e. The number of halogens is 2. The highest BCUT2D eigenvalue weighted by molar-refractivity contribution is 6.36. The molecule has 0 bridgehead atoms. The van der Waals surface area contributed by atoms with Crippen LogP contribution in [0.5, 0.6) is 0 Å². The molecule has 0 aliphatic carbocycles. The second-order valence-electron chi connectivity index (χ2n) is 7.92. The molecule has 180 valence electrons. The molecule has 0 spiro atoms. The first-order chi connectivity index (χ1) is 16.4. The van der Waals surface area contributed by atoms with E-state index in [2.05, 4.69) is 9.97 Å². The molecule has 1 aliphatic rings. The molecule has 1 aliphatic heterocycles. The van der Waals surface area contributed by atoms with Crippen LogP contribution in [-0.4, -0.2) is 34.1 Å². The maximum Gasteiger partial charge on any atom is 0.410 e. The fourth-order valence-electron chi connectivity index (χ4n) is 3.63. The van der Waals surface area contributed by atoms with Gasteiger partial charge in [0.15, 0.2) is 0 Å². The molecule has 34 heavy (non-hydrogen) atoms. The van der Waals surface area contributed by atoms with E-state index in [0.717, 1.165) is 67.0 Å². The van der Waals surface area contributed by atoms with Gasteiger partial charge in [0.05, 0.1) is 22.1 Å². The van der Waals surface area contributed by atoms with E-state index in [9.17, 15) is 4.79 Å². The zero-order valence-corrected chi connectivity index (χ0v) is 21.1. The molecule has 3 aromatic rings. The van der Waals surface area contributed by atoms with Crippen molar-refractivity contribution >= 4 is 35.1 Å². The zero-order valence-electron chi connectivity index (χ0n) is 19.6. The number of hydrogen-bond donors (Lipinski definition) is 1. The molecule has 8 heteroatoms. The number of nitrogens with two attached hydrogens (primary N) is 1. The van der Waals surface area contributed by atoms with Crippen molar-refractivity contribution in [1.82, 2.24) is 14.9 Å². The number of likely N-dealkylation sites (tertiary alicyclic amines) is 1. The molecule has 2 heterocycles. The Hall–Kier alpha value is -2.83. The minimum absolute atomic E-state index is 0.184. The maximum absolute atomic E-state index is 11.5. The van der Waals surface area contributed by atoms with Gasteiger partial charge in [0, 0.05) is 23.7 Å². The van der Waals surface area contributed by atoms with Gasteiger partial charge in [-0.15, -0.1) is 0 Å². The summed E-state index contributed by atoms with van der Waals surface area (Å²) in [5.74, 6) is 0.494. The van der Waals surface area contributed by atoms with Gasteiger partial charge in [0.2, 0.25) is 0 Å². The lowest BCUT2D eigenvalue weighted by Gasteiger charge is -2.14. The van der Waals surface area contributed by atoms with Gasteiger partial charge < -0.3 is 15.4 Å². The van der Waals surface area contributed by atoms with Gasteiger partial charge in [0.1, 0.15) is 12.4 Å². The van der Waals surface area contributed by atoms with Crippen LogP contribution in [0, 0.1) is 0 Å². The Labute approximate surface area is 211 Å². The van der Waals surface area contributed by atoms with Crippen molar-refractivity contribution in [2.24, 2.45) is 0 Å². The first-order valence-electron chi connectivity index (χ1n) is 11.5. The Morgan fingerprint density at radius 1 is 1.00 bits per heavy atom. The average Bonchev–Trinajstić information content (AvgIpc) is 3.39. The van der Waals surface area contributed by atoms with E-state index >= 15 is 0 Å². The number of carbonyl (C=O) groups excluding carboxylic acids is 1. The number of aromatic nitrogens is 2. The molecule has 1 fully saturated rings. The Bertz CT molecular complexity index is 1100. The van der Waals surface area contributed by atoms with Crippen LogP contribution in [0.3, 0.4) is 0 Å². The standard InChI is InChI=1S/C14H15Cl2N3.C12H15NO2/c1-3-11-13(18-12(4-2)14(17)19-11)9-6-5-8(15)7-10(9)16;14-12(13-8-4-5-9-13)15-10-11-6-2-1-3-7-11/h5-7H,3-4H2,1-2H3,(H2,17,19);1-3,6-7H,4-5,8-10H2. The van der Waals surface area contributed by atoms with Crippen LogP contribution in [-0.2, 0) is 24.2 Å². The number of aryl methyl sites for hydroxylation is 2. The van der Waals surface area contributed by atoms with Crippen LogP contribution in [0.2, 0.25) is 10.0 Å². The van der Waals surface area contributed by atoms with E-state index in [0.29, 0.717) is 22.5 Å². The molecular weight excluding hydrogens is 471 g/mol. The topological polar surface area (TPSA) is 81.3 Å². The Kier molecular flexibility index (Phi) is 9.54. The van der Waals surface area contributed by atoms with Gasteiger partial charge in [-0.1, -0.05) is 67.4 Å². The third kappa shape index (κ3) is 6.84. The van der Waals surface area contributed by atoms with Crippen molar-refractivity contribution in [3.63, 3.8) is 0 Å². The average molecular weight is 501 g/mol. The zero-order chi connectivity index (χ0) is 24.5. The summed E-state index contributed by atoms with van der Waals surface area (Å²) >= 11 is 12.2. The summed E-state index contributed by atoms with van der Waals surface area (Å²) in [6.07, 6.45) is 3.49. The number of nitrogens with zero attached hydrogens (tertiary/aromatic N) is 3. The molecule has 0 atom stereocenters. The van der Waals surface area contributed by atoms with E-state index < -0.39 is 0 Å². The SMILES string of the molecule is CCc1nc(-c2ccc(Cl)cc2Cl)c(CC)nc1N.O=C(OCc1ccccc1)N1CCCC1. The van der Waals surface area contributed by atoms with Gasteiger partial charge in [0.25, 0.3) is 0 Å². The van der Waals surface area contributed by atoms with Crippen molar-refractivity contribution in [3.8, 4) is 11.3 Å². The first-order valence-corrected chi connectivity index (χ1v) is 12.2. The first kappa shape index (κ1) is 25.8. The second kappa shape index (κ2) is 12.6. The third-order valence-electron chi connectivity index (χ3n) is 5.50. The molecule has 0 saturated carbocycles. The normalized spacial score (nSPS) is 12.8. The minimum Gasteiger partial charge on any atom is -0.445 e. The summed E-state index contributed by atoms with van der Waals surface area (Å²) in [5.41, 5.74) is 10.2. The lowest BCUT2D eigenvalue weighted by Crippen LogP contribution is -2.28. The summed E-state index contributed by atoms with van der Waals surface area (Å²) < 4.78 is 5.20. The number of rotatable bonds is 5. The van der Waals surface area contributed by atoms with Crippen LogP contribution >= 0.6 is 23.2 Å². The number of ether oxygens (including phenoxy) is 1. The third-order valence-corrected chi connectivity index (χ3v) is 6.04. The predicted molar refractivity (Wildman–Crippen MR) is 138 cm³/mol. The lowest BCUT2D eigenvalue weighted by molar-refractivity contribution is 0.104. The van der Waals surface area contributed by atoms with Crippen molar-refractivity contribution in [3.05, 3.63) is 75.5 Å². The van der Waals surface area contributed by atoms with Crippen molar-refractivity contribution < 1.29 is 9.53 Å². The number of carbonyl (C=O) groups is 1. The molecule has 0 radical (unpaired) electrons. The van der Waals surface area contributed by atoms with E-state index in [-0.39, 0.29) is 6.09 Å². The fraction of sp³-hybridized carbons (Fsp3) is 0.346. The Morgan fingerprint density at radius 3 is 2.29 bits per heavy atom. The number of anilines is 1. The van der Waals surface area contributed by atoms with Crippen molar-refractivity contribution in [2.45, 2.75) is 46.1 Å². The van der Waals surface area contributed by atoms with Gasteiger partial charge >= 0.3 is 6.09 Å². The highest BCUT2D eigenvalue weighted by Gasteiger charge is 2.19. The van der Waals surface area contributed by atoms with E-state index in [4.69, 9.17) is 33.7 Å². The molecule has 4 rings (SSSR count). The number of hydrogen-bond acceptors (Lipinski definition) is 5. The highest BCUT2D eigenvalue weighted by atomic mass is 35.5. The van der Waals surface area contributed by atoms with Crippen LogP contribution in [0.1, 0.15) is 43.6 Å². The molecular formula is C26H30Cl2N4O2. The summed E-state index contributed by atoms with van der Waals surface area (Å²) in [6, 6.07) is 15.1. The van der Waals surface area contributed by atoms with Gasteiger partial charge in [-0.05, 0) is 49.4 Å². The molecule has 1 aromatic heterocycles. The van der Waals surface area contributed by atoms with Gasteiger partial charge in [-0.3, -0.25) is 0 Å². The van der Waals surface area contributed by atoms with Crippen LogP contribution in [0.4, 0.5) is 10.6 Å². The van der Waals surface area contributed by atoms with E-state index in [1.54, 1.807) is 17.0 Å². The molecule has 6 nitrogen and oxygen atoms in total. The molecule has 0 unspecified atom stereocenters. The quantitative estimate of drug-likeness (QED) is 0.427. The highest BCUT2D eigenvalue weighted by Crippen LogP contribution is 2.32. The Balaban J connectivity index is 0.000000196. The second-order valence-corrected chi connectivity index (χ2v) is 8.76. The van der Waals surface area contributed by atoms with E-state index in [1.807, 2.05) is 50.2 Å². The molecule has 2 aromatic carbocycles. The van der Waals surface area contributed by atoms with Crippen molar-refractivity contribution in [2.75, 3.05) is 18.8 Å². The number of amides is 1. The summed E-state index contributed by atoms with van der Waals surface area (Å²) in [4.78, 5) is 22.3. The predicted octanol–water partition coefficient (Wildman–Crippen LogP) is 6.58. The molecule has 1 saturated heterocycles. The summed E-state index contributed by atoms with van der Waals surface area (Å²) in [6.45, 7) is 6.07.